The Labute approximate surface area is 222 Å². The van der Waals surface area contributed by atoms with E-state index in [-0.39, 0.29) is 36.3 Å². The average molecular weight is 554 g/mol. The third-order valence-electron chi connectivity index (χ3n) is 9.73. The highest BCUT2D eigenvalue weighted by Crippen LogP contribution is 2.72. The summed E-state index contributed by atoms with van der Waals surface area (Å²) in [6.07, 6.45) is 0.884. The van der Waals surface area contributed by atoms with E-state index in [2.05, 4.69) is 0 Å². The Kier molecular flexibility index (Phi) is 6.22. The molecule has 0 saturated heterocycles. The lowest BCUT2D eigenvalue weighted by Gasteiger charge is -2.63. The van der Waals surface area contributed by atoms with E-state index in [1.54, 1.807) is 13.8 Å². The van der Waals surface area contributed by atoms with Gasteiger partial charge in [0.2, 0.25) is 10.9 Å². The van der Waals surface area contributed by atoms with Gasteiger partial charge in [-0.3, -0.25) is 9.59 Å². The molecule has 0 amide bonds. The molecule has 38 heavy (non-hydrogen) atoms. The number of allylic oxidation sites excluding steroid dienone is 4. The third-order valence-corrected chi connectivity index (χ3v) is 10.4. The van der Waals surface area contributed by atoms with Crippen LogP contribution >= 0.6 is 11.8 Å². The lowest BCUT2D eigenvalue weighted by Crippen LogP contribution is -2.70. The van der Waals surface area contributed by atoms with E-state index in [1.807, 2.05) is 0 Å². The van der Waals surface area contributed by atoms with Gasteiger partial charge in [0.25, 0.3) is 0 Å². The first-order chi connectivity index (χ1) is 17.8. The first-order valence-corrected chi connectivity index (χ1v) is 13.5. The van der Waals surface area contributed by atoms with Crippen molar-refractivity contribution >= 4 is 34.3 Å². The molecule has 5 rings (SSSR count). The van der Waals surface area contributed by atoms with Crippen LogP contribution in [0.3, 0.4) is 0 Å². The van der Waals surface area contributed by atoms with Crippen LogP contribution in [0.5, 0.6) is 0 Å². The molecular weight excluding hydrogens is 523 g/mol. The van der Waals surface area contributed by atoms with Crippen molar-refractivity contribution in [3.8, 4) is 0 Å². The number of anilines is 1. The molecule has 0 spiro atoms. The van der Waals surface area contributed by atoms with Crippen molar-refractivity contribution in [2.75, 3.05) is 11.7 Å². The number of ether oxygens (including phenoxy) is 1. The maximum absolute atomic E-state index is 17.4. The second kappa shape index (κ2) is 8.74. The fourth-order valence-corrected chi connectivity index (χ4v) is 8.82. The molecular formula is C27H30F3NO6S. The second-order valence-electron chi connectivity index (χ2n) is 11.4. The number of ketones is 1. The number of hydrogen-bond donors (Lipinski definition) is 2. The molecule has 1 heterocycles. The van der Waals surface area contributed by atoms with Gasteiger partial charge in [-0.1, -0.05) is 19.9 Å². The standard InChI is InChI=1S/C27H30F3NO6S/c1-13-6-16-17-9-19(29)18-8-15(32)4-5-24(18,2)26(17,30)21(33)10-25(16,3)27(13,23(35)38-12-28)37-22(34)20-7-14(31)11-36-20/h4-5,7-8,11,13,16-17,19,21,33H,6,9-10,12,31H2,1-3H3/t13-,16+,17+,19+,21+,24+,25+,26+,27+/m1/s1. The number of furan rings is 1. The average Bonchev–Trinajstić information content (AvgIpc) is 3.38. The number of halogens is 3. The van der Waals surface area contributed by atoms with Crippen molar-refractivity contribution in [3.63, 3.8) is 0 Å². The summed E-state index contributed by atoms with van der Waals surface area (Å²) in [5.41, 5.74) is -1.51. The molecule has 3 saturated carbocycles. The fourth-order valence-electron chi connectivity index (χ4n) is 8.03. The molecule has 4 aliphatic rings. The molecule has 11 heteroatoms. The van der Waals surface area contributed by atoms with Crippen molar-refractivity contribution < 1.29 is 41.8 Å². The highest BCUT2D eigenvalue weighted by Gasteiger charge is 2.78. The smallest absolute Gasteiger partial charge is 0.375 e. The zero-order valence-electron chi connectivity index (χ0n) is 21.2. The minimum Gasteiger partial charge on any atom is -0.455 e. The SMILES string of the molecule is C[C@@H]1C[C@H]2[C@@H]3C[C@H](F)C4=CC(=O)C=C[C@]4(C)[C@@]3(F)[C@@H](O)C[C@]2(C)[C@@]1(OC(=O)c1cc(N)co1)C(=O)SCF. The van der Waals surface area contributed by atoms with Crippen LogP contribution in [0.25, 0.3) is 0 Å². The Balaban J connectivity index is 1.63. The van der Waals surface area contributed by atoms with Crippen molar-refractivity contribution in [1.82, 2.24) is 0 Å². The van der Waals surface area contributed by atoms with E-state index in [0.29, 0.717) is 11.8 Å². The Morgan fingerprint density at radius 2 is 2.00 bits per heavy atom. The van der Waals surface area contributed by atoms with Crippen LogP contribution < -0.4 is 5.73 Å². The summed E-state index contributed by atoms with van der Waals surface area (Å²) in [5.74, 6) is -4.25. The van der Waals surface area contributed by atoms with Crippen LogP contribution in [0.1, 0.15) is 50.6 Å². The van der Waals surface area contributed by atoms with Gasteiger partial charge >= 0.3 is 5.97 Å². The monoisotopic (exact) mass is 553 g/mol. The number of nitrogens with two attached hydrogens (primary N) is 1. The van der Waals surface area contributed by atoms with Crippen LogP contribution in [0.4, 0.5) is 18.9 Å². The lowest BCUT2D eigenvalue weighted by molar-refractivity contribution is -0.221. The van der Waals surface area contributed by atoms with E-state index in [9.17, 15) is 23.9 Å². The molecule has 9 atom stereocenters. The Morgan fingerprint density at radius 1 is 1.29 bits per heavy atom. The van der Waals surface area contributed by atoms with Crippen LogP contribution in [0.2, 0.25) is 0 Å². The quantitative estimate of drug-likeness (QED) is 0.523. The second-order valence-corrected chi connectivity index (χ2v) is 12.3. The van der Waals surface area contributed by atoms with Crippen LogP contribution in [0.15, 0.2) is 40.5 Å². The number of carbonyl (C=O) groups excluding carboxylic acids is 3. The minimum absolute atomic E-state index is 0.0189. The van der Waals surface area contributed by atoms with Crippen molar-refractivity contribution in [2.45, 2.75) is 63.6 Å². The lowest BCUT2D eigenvalue weighted by atomic mass is 9.44. The highest BCUT2D eigenvalue weighted by atomic mass is 32.2. The molecule has 1 aromatic rings. The summed E-state index contributed by atoms with van der Waals surface area (Å²) in [5, 5.41) is 10.7. The van der Waals surface area contributed by atoms with Gasteiger partial charge in [-0.15, -0.1) is 0 Å². The van der Waals surface area contributed by atoms with Crippen LogP contribution in [0, 0.1) is 28.6 Å². The number of aliphatic hydroxyl groups excluding tert-OH is 1. The predicted octanol–water partition coefficient (Wildman–Crippen LogP) is 4.51. The maximum atomic E-state index is 17.4. The third kappa shape index (κ3) is 3.30. The van der Waals surface area contributed by atoms with Crippen molar-refractivity contribution in [1.29, 1.82) is 0 Å². The molecule has 7 nitrogen and oxygen atoms in total. The molecule has 3 fully saturated rings. The first-order valence-electron chi connectivity index (χ1n) is 12.5. The Morgan fingerprint density at radius 3 is 2.63 bits per heavy atom. The van der Waals surface area contributed by atoms with Crippen molar-refractivity contribution in [2.24, 2.45) is 28.6 Å². The van der Waals surface area contributed by atoms with Gasteiger partial charge in [-0.2, -0.15) is 0 Å². The molecule has 0 radical (unpaired) electrons. The minimum atomic E-state index is -2.37. The number of hydrogen-bond acceptors (Lipinski definition) is 8. The number of fused-ring (bicyclic) bond motifs is 5. The summed E-state index contributed by atoms with van der Waals surface area (Å²) >= 11 is 0.330. The van der Waals surface area contributed by atoms with E-state index in [4.69, 9.17) is 14.9 Å². The van der Waals surface area contributed by atoms with E-state index in [1.165, 1.54) is 25.1 Å². The largest absolute Gasteiger partial charge is 0.455 e. The van der Waals surface area contributed by atoms with Crippen LogP contribution in [-0.4, -0.2) is 51.5 Å². The molecule has 1 aromatic heterocycles. The van der Waals surface area contributed by atoms with Gasteiger partial charge < -0.3 is 20.0 Å². The molecule has 0 bridgehead atoms. The number of alkyl halides is 3. The van der Waals surface area contributed by atoms with Crippen LogP contribution in [-0.2, 0) is 14.3 Å². The van der Waals surface area contributed by atoms with Gasteiger partial charge in [0.15, 0.2) is 17.1 Å². The molecule has 206 valence electrons. The highest BCUT2D eigenvalue weighted by molar-refractivity contribution is 8.13. The molecule has 0 aromatic carbocycles. The summed E-state index contributed by atoms with van der Waals surface area (Å²) in [4.78, 5) is 38.8. The molecule has 0 aliphatic heterocycles. The maximum Gasteiger partial charge on any atom is 0.375 e. The number of thioether (sulfide) groups is 1. The first kappa shape index (κ1) is 27.1. The predicted molar refractivity (Wildman–Crippen MR) is 133 cm³/mol. The summed E-state index contributed by atoms with van der Waals surface area (Å²) in [6, 6.07) is 0.140. The fraction of sp³-hybridized carbons (Fsp3) is 0.593. The zero-order chi connectivity index (χ0) is 27.8. The van der Waals surface area contributed by atoms with Gasteiger partial charge in [-0.05, 0) is 61.6 Å². The van der Waals surface area contributed by atoms with Gasteiger partial charge in [0.1, 0.15) is 18.4 Å². The summed E-state index contributed by atoms with van der Waals surface area (Å²) < 4.78 is 57.6. The van der Waals surface area contributed by atoms with E-state index >= 15 is 8.78 Å². The number of rotatable bonds is 4. The molecule has 3 N–H and O–H groups in total. The summed E-state index contributed by atoms with van der Waals surface area (Å²) in [7, 11) is 0. The van der Waals surface area contributed by atoms with E-state index < -0.39 is 75.0 Å². The van der Waals surface area contributed by atoms with Gasteiger partial charge in [0.05, 0.1) is 11.8 Å². The van der Waals surface area contributed by atoms with E-state index in [0.717, 1.165) is 12.3 Å². The topological polar surface area (TPSA) is 120 Å². The van der Waals surface area contributed by atoms with Crippen molar-refractivity contribution in [3.05, 3.63) is 41.9 Å². The number of esters is 1. The Bertz CT molecular complexity index is 1270. The summed E-state index contributed by atoms with van der Waals surface area (Å²) in [6.45, 7) is 4.74. The van der Waals surface area contributed by atoms with Gasteiger partial charge in [0, 0.05) is 28.7 Å². The Hall–Kier alpha value is -2.53. The normalized spacial score (nSPS) is 43.6. The number of nitrogen functional groups attached to an aromatic ring is 1. The zero-order valence-corrected chi connectivity index (χ0v) is 22.0. The molecule has 0 unspecified atom stereocenters. The number of carbonyl (C=O) groups is 3. The number of aliphatic hydroxyl groups is 1. The molecule has 4 aliphatic carbocycles. The van der Waals surface area contributed by atoms with Gasteiger partial charge in [-0.25, -0.2) is 18.0 Å².